The highest BCUT2D eigenvalue weighted by molar-refractivity contribution is 7.15. The van der Waals surface area contributed by atoms with Crippen LogP contribution in [0.4, 0.5) is 0 Å². The number of nitrogens with zero attached hydrogens (tertiary/aromatic N) is 2. The number of benzene rings is 1. The van der Waals surface area contributed by atoms with Gasteiger partial charge >= 0.3 is 5.97 Å². The molecule has 8 heteroatoms. The van der Waals surface area contributed by atoms with Crippen molar-refractivity contribution < 1.29 is 19.4 Å². The summed E-state index contributed by atoms with van der Waals surface area (Å²) < 4.78 is 12.4. The molecule has 0 aliphatic carbocycles. The highest BCUT2D eigenvalue weighted by Gasteiger charge is 2.14. The summed E-state index contributed by atoms with van der Waals surface area (Å²) in [6, 6.07) is 7.11. The number of rotatable bonds is 7. The van der Waals surface area contributed by atoms with E-state index in [1.807, 2.05) is 16.0 Å². The Morgan fingerprint density at radius 3 is 2.84 bits per heavy atom. The molecule has 6 nitrogen and oxygen atoms in total. The number of carbonyl (C=O) groups is 1. The molecule has 0 radical (unpaired) electrons. The normalized spacial score (nSPS) is 11.7. The third-order valence-electron chi connectivity index (χ3n) is 3.44. The topological polar surface area (TPSA) is 73.1 Å². The fourth-order valence-corrected chi connectivity index (χ4v) is 3.28. The van der Waals surface area contributed by atoms with Crippen LogP contribution in [0.5, 0.6) is 5.75 Å². The SMILES string of the molecule is CO/C=C(/Cc1csc2nc(COc3ccc(Cl)cc3)cn12)C(=O)O. The molecule has 3 rings (SSSR count). The molecule has 3 aromatic rings. The summed E-state index contributed by atoms with van der Waals surface area (Å²) in [5.74, 6) is -0.301. The van der Waals surface area contributed by atoms with Gasteiger partial charge in [-0.15, -0.1) is 11.3 Å². The summed E-state index contributed by atoms with van der Waals surface area (Å²) in [5.41, 5.74) is 1.77. The zero-order valence-electron chi connectivity index (χ0n) is 13.3. The van der Waals surface area contributed by atoms with Gasteiger partial charge in [0.05, 0.1) is 24.6 Å². The Labute approximate surface area is 152 Å². The fraction of sp³-hybridized carbons (Fsp3) is 0.176. The summed E-state index contributed by atoms with van der Waals surface area (Å²) in [6.07, 6.45) is 3.34. The van der Waals surface area contributed by atoms with E-state index >= 15 is 0 Å². The number of carboxylic acid groups (broad SMARTS) is 1. The van der Waals surface area contributed by atoms with Crippen molar-refractivity contribution in [3.63, 3.8) is 0 Å². The number of fused-ring (bicyclic) bond motifs is 1. The largest absolute Gasteiger partial charge is 0.504 e. The number of thiazole rings is 1. The van der Waals surface area contributed by atoms with Crippen LogP contribution >= 0.6 is 22.9 Å². The van der Waals surface area contributed by atoms with Crippen molar-refractivity contribution in [3.05, 3.63) is 64.1 Å². The molecule has 2 aromatic heterocycles. The lowest BCUT2D eigenvalue weighted by Crippen LogP contribution is -2.05. The van der Waals surface area contributed by atoms with Crippen LogP contribution in [-0.2, 0) is 22.6 Å². The highest BCUT2D eigenvalue weighted by atomic mass is 35.5. The molecule has 0 amide bonds. The van der Waals surface area contributed by atoms with E-state index in [-0.39, 0.29) is 12.0 Å². The monoisotopic (exact) mass is 378 g/mol. The molecule has 1 N–H and O–H groups in total. The van der Waals surface area contributed by atoms with Crippen molar-refractivity contribution >= 4 is 33.9 Å². The fourth-order valence-electron chi connectivity index (χ4n) is 2.27. The van der Waals surface area contributed by atoms with E-state index in [2.05, 4.69) is 4.98 Å². The second kappa shape index (κ2) is 7.58. The average Bonchev–Trinajstić information content (AvgIpc) is 3.15. The van der Waals surface area contributed by atoms with Crippen LogP contribution < -0.4 is 4.74 Å². The smallest absolute Gasteiger partial charge is 0.335 e. The average molecular weight is 379 g/mol. The number of methoxy groups -OCH3 is 1. The zero-order valence-corrected chi connectivity index (χ0v) is 14.9. The molecule has 25 heavy (non-hydrogen) atoms. The second-order valence-corrected chi connectivity index (χ2v) is 6.49. The molecular weight excluding hydrogens is 364 g/mol. The van der Waals surface area contributed by atoms with Crippen molar-refractivity contribution in [3.8, 4) is 5.75 Å². The van der Waals surface area contributed by atoms with E-state index in [9.17, 15) is 9.90 Å². The van der Waals surface area contributed by atoms with Gasteiger partial charge in [-0.05, 0) is 24.3 Å². The molecule has 130 valence electrons. The minimum Gasteiger partial charge on any atom is -0.504 e. The lowest BCUT2D eigenvalue weighted by atomic mass is 10.2. The van der Waals surface area contributed by atoms with Crippen LogP contribution in [0.25, 0.3) is 4.96 Å². The van der Waals surface area contributed by atoms with Gasteiger partial charge in [-0.3, -0.25) is 4.40 Å². The Hall–Kier alpha value is -2.51. The zero-order chi connectivity index (χ0) is 17.8. The van der Waals surface area contributed by atoms with Crippen LogP contribution in [0, 0.1) is 0 Å². The molecule has 0 spiro atoms. The Balaban J connectivity index is 1.74. The number of imidazole rings is 1. The molecule has 1 aromatic carbocycles. The van der Waals surface area contributed by atoms with Crippen molar-refractivity contribution in [2.75, 3.05) is 7.11 Å². The van der Waals surface area contributed by atoms with E-state index in [4.69, 9.17) is 21.1 Å². The minimum absolute atomic E-state index is 0.176. The van der Waals surface area contributed by atoms with Crippen molar-refractivity contribution in [2.45, 2.75) is 13.0 Å². The number of carboxylic acids is 1. The van der Waals surface area contributed by atoms with Gasteiger partial charge in [-0.1, -0.05) is 11.6 Å². The predicted octanol–water partition coefficient (Wildman–Crippen LogP) is 3.79. The van der Waals surface area contributed by atoms with Crippen molar-refractivity contribution in [2.24, 2.45) is 0 Å². The minimum atomic E-state index is -1.01. The molecule has 0 fully saturated rings. The van der Waals surface area contributed by atoms with Crippen LogP contribution in [0.1, 0.15) is 11.4 Å². The van der Waals surface area contributed by atoms with Crippen molar-refractivity contribution in [1.29, 1.82) is 0 Å². The number of ether oxygens (including phenoxy) is 2. The summed E-state index contributed by atoms with van der Waals surface area (Å²) in [5, 5.41) is 11.7. The Bertz CT molecular complexity index is 915. The molecule has 0 unspecified atom stereocenters. The van der Waals surface area contributed by atoms with E-state index in [1.165, 1.54) is 24.7 Å². The maximum atomic E-state index is 11.2. The van der Waals surface area contributed by atoms with E-state index in [0.717, 1.165) is 16.3 Å². The summed E-state index contributed by atoms with van der Waals surface area (Å²) in [6.45, 7) is 0.315. The van der Waals surface area contributed by atoms with Gasteiger partial charge in [0.1, 0.15) is 12.4 Å². The number of hydrogen-bond donors (Lipinski definition) is 1. The third kappa shape index (κ3) is 4.12. The first-order chi connectivity index (χ1) is 12.1. The van der Waals surface area contributed by atoms with Gasteiger partial charge in [-0.25, -0.2) is 9.78 Å². The molecule has 0 aliphatic rings. The van der Waals surface area contributed by atoms with Crippen LogP contribution in [-0.4, -0.2) is 27.6 Å². The van der Waals surface area contributed by atoms with Crippen LogP contribution in [0.3, 0.4) is 0 Å². The van der Waals surface area contributed by atoms with Gasteiger partial charge in [-0.2, -0.15) is 0 Å². The first-order valence-electron chi connectivity index (χ1n) is 7.34. The predicted molar refractivity (Wildman–Crippen MR) is 95.3 cm³/mol. The van der Waals surface area contributed by atoms with E-state index in [0.29, 0.717) is 17.4 Å². The van der Waals surface area contributed by atoms with Gasteiger partial charge in [0.15, 0.2) is 4.96 Å². The molecule has 0 bridgehead atoms. The lowest BCUT2D eigenvalue weighted by Gasteiger charge is -2.03. The first-order valence-corrected chi connectivity index (χ1v) is 8.60. The highest BCUT2D eigenvalue weighted by Crippen LogP contribution is 2.21. The first kappa shape index (κ1) is 17.3. The number of aromatic nitrogens is 2. The molecule has 2 heterocycles. The summed E-state index contributed by atoms with van der Waals surface area (Å²) >= 11 is 7.29. The van der Waals surface area contributed by atoms with Crippen LogP contribution in [0.15, 0.2) is 47.7 Å². The maximum absolute atomic E-state index is 11.2. The molecule has 0 atom stereocenters. The third-order valence-corrected chi connectivity index (χ3v) is 4.58. The second-order valence-electron chi connectivity index (χ2n) is 5.22. The number of halogens is 1. The Kier molecular flexibility index (Phi) is 5.25. The number of aliphatic carboxylic acids is 1. The van der Waals surface area contributed by atoms with E-state index in [1.54, 1.807) is 24.3 Å². The Morgan fingerprint density at radius 2 is 2.16 bits per heavy atom. The van der Waals surface area contributed by atoms with Gasteiger partial charge in [0.25, 0.3) is 0 Å². The summed E-state index contributed by atoms with van der Waals surface area (Å²) in [7, 11) is 1.43. The van der Waals surface area contributed by atoms with Gasteiger partial charge in [0, 0.05) is 28.7 Å². The lowest BCUT2D eigenvalue weighted by molar-refractivity contribution is -0.132. The Morgan fingerprint density at radius 1 is 1.40 bits per heavy atom. The molecule has 0 saturated heterocycles. The van der Waals surface area contributed by atoms with Gasteiger partial charge in [0.2, 0.25) is 0 Å². The molecule has 0 aliphatic heterocycles. The molecule has 0 saturated carbocycles. The number of hydrogen-bond acceptors (Lipinski definition) is 5. The quantitative estimate of drug-likeness (QED) is 0.500. The van der Waals surface area contributed by atoms with Gasteiger partial charge < -0.3 is 14.6 Å². The summed E-state index contributed by atoms with van der Waals surface area (Å²) in [4.78, 5) is 16.5. The van der Waals surface area contributed by atoms with Crippen molar-refractivity contribution in [1.82, 2.24) is 9.38 Å². The maximum Gasteiger partial charge on any atom is 0.335 e. The standard InChI is InChI=1S/C17H15ClN2O4S/c1-23-8-11(16(21)22)6-14-10-25-17-19-13(7-20(14)17)9-24-15-4-2-12(18)3-5-15/h2-5,7-8,10H,6,9H2,1H3,(H,21,22)/b11-8-. The van der Waals surface area contributed by atoms with E-state index < -0.39 is 5.97 Å². The molecular formula is C17H15ClN2O4S. The van der Waals surface area contributed by atoms with Crippen LogP contribution in [0.2, 0.25) is 5.02 Å².